The van der Waals surface area contributed by atoms with Crippen LogP contribution in [0.2, 0.25) is 0 Å². The van der Waals surface area contributed by atoms with E-state index in [-0.39, 0.29) is 11.6 Å². The lowest BCUT2D eigenvalue weighted by molar-refractivity contribution is 0.611. The zero-order chi connectivity index (χ0) is 10.8. The second kappa shape index (κ2) is 3.77. The molecule has 0 unspecified atom stereocenters. The number of nitrogens with zero attached hydrogens (tertiary/aromatic N) is 1. The Kier molecular flexibility index (Phi) is 2.46. The first kappa shape index (κ1) is 9.77. The van der Waals surface area contributed by atoms with Gasteiger partial charge in [-0.05, 0) is 30.7 Å². The van der Waals surface area contributed by atoms with Crippen molar-refractivity contribution in [2.45, 2.75) is 6.92 Å². The Labute approximate surface area is 86.4 Å². The summed E-state index contributed by atoms with van der Waals surface area (Å²) in [5, 5.41) is 0. The molecule has 0 radical (unpaired) electrons. The zero-order valence-corrected chi connectivity index (χ0v) is 8.17. The fourth-order valence-electron chi connectivity index (χ4n) is 1.36. The summed E-state index contributed by atoms with van der Waals surface area (Å²) >= 11 is 0. The van der Waals surface area contributed by atoms with Crippen LogP contribution in [0, 0.1) is 18.6 Å². The number of rotatable bonds is 1. The van der Waals surface area contributed by atoms with Crippen LogP contribution in [-0.2, 0) is 0 Å². The lowest BCUT2D eigenvalue weighted by Gasteiger charge is -2.03. The van der Waals surface area contributed by atoms with Gasteiger partial charge in [-0.3, -0.25) is 4.98 Å². The van der Waals surface area contributed by atoms with Crippen LogP contribution >= 0.6 is 0 Å². The average Bonchev–Trinajstić information content (AvgIpc) is 2.23. The van der Waals surface area contributed by atoms with Crippen LogP contribution in [0.1, 0.15) is 5.56 Å². The Bertz CT molecular complexity index is 495. The van der Waals surface area contributed by atoms with Gasteiger partial charge in [0.15, 0.2) is 0 Å². The number of aryl methyl sites for hydroxylation is 1. The van der Waals surface area contributed by atoms with E-state index in [0.717, 1.165) is 6.20 Å². The molecule has 0 N–H and O–H groups in total. The van der Waals surface area contributed by atoms with E-state index in [0.29, 0.717) is 16.8 Å². The van der Waals surface area contributed by atoms with E-state index >= 15 is 0 Å². The third-order valence-corrected chi connectivity index (χ3v) is 2.20. The Morgan fingerprint density at radius 2 is 1.80 bits per heavy atom. The van der Waals surface area contributed by atoms with Crippen molar-refractivity contribution in [1.82, 2.24) is 4.98 Å². The Balaban J connectivity index is 2.55. The summed E-state index contributed by atoms with van der Waals surface area (Å²) in [6.07, 6.45) is 1.11. The van der Waals surface area contributed by atoms with Crippen molar-refractivity contribution in [3.05, 3.63) is 53.7 Å². The predicted octanol–water partition coefficient (Wildman–Crippen LogP) is 3.34. The minimum absolute atomic E-state index is 0.351. The molecule has 2 aromatic rings. The summed E-state index contributed by atoms with van der Waals surface area (Å²) in [7, 11) is 0. The third-order valence-electron chi connectivity index (χ3n) is 2.20. The number of halogens is 2. The minimum atomic E-state index is -0.380. The summed E-state index contributed by atoms with van der Waals surface area (Å²) in [6, 6.07) is 7.84. The lowest BCUT2D eigenvalue weighted by atomic mass is 10.1. The van der Waals surface area contributed by atoms with Gasteiger partial charge in [-0.25, -0.2) is 8.78 Å². The minimum Gasteiger partial charge on any atom is -0.253 e. The van der Waals surface area contributed by atoms with Crippen molar-refractivity contribution in [2.75, 3.05) is 0 Å². The SMILES string of the molecule is Cc1cc(-c2ccccc2F)ncc1F. The van der Waals surface area contributed by atoms with Crippen molar-refractivity contribution in [2.24, 2.45) is 0 Å². The summed E-state index contributed by atoms with van der Waals surface area (Å²) in [5.74, 6) is -0.730. The summed E-state index contributed by atoms with van der Waals surface area (Å²) < 4.78 is 26.3. The number of benzene rings is 1. The highest BCUT2D eigenvalue weighted by atomic mass is 19.1. The molecule has 0 aliphatic carbocycles. The number of hydrogen-bond acceptors (Lipinski definition) is 1. The first-order valence-corrected chi connectivity index (χ1v) is 4.55. The molecule has 15 heavy (non-hydrogen) atoms. The van der Waals surface area contributed by atoms with Crippen LogP contribution in [-0.4, -0.2) is 4.98 Å². The third kappa shape index (κ3) is 1.86. The molecule has 1 aromatic carbocycles. The van der Waals surface area contributed by atoms with Gasteiger partial charge in [0.05, 0.1) is 11.9 Å². The van der Waals surface area contributed by atoms with E-state index < -0.39 is 0 Å². The molecular weight excluding hydrogens is 196 g/mol. The highest BCUT2D eigenvalue weighted by molar-refractivity contribution is 5.60. The second-order valence-corrected chi connectivity index (χ2v) is 3.30. The first-order valence-electron chi connectivity index (χ1n) is 4.55. The molecule has 3 heteroatoms. The van der Waals surface area contributed by atoms with Gasteiger partial charge >= 0.3 is 0 Å². The smallest absolute Gasteiger partial charge is 0.144 e. The molecular formula is C12H9F2N. The fourth-order valence-corrected chi connectivity index (χ4v) is 1.36. The van der Waals surface area contributed by atoms with Crippen LogP contribution < -0.4 is 0 Å². The quantitative estimate of drug-likeness (QED) is 0.695. The molecule has 0 aliphatic heterocycles. The van der Waals surface area contributed by atoms with Crippen molar-refractivity contribution >= 4 is 0 Å². The van der Waals surface area contributed by atoms with Gasteiger partial charge in [0, 0.05) is 5.56 Å². The molecule has 2 rings (SSSR count). The largest absolute Gasteiger partial charge is 0.253 e. The van der Waals surface area contributed by atoms with Crippen LogP contribution in [0.15, 0.2) is 36.5 Å². The molecule has 0 saturated heterocycles. The molecule has 1 nitrogen and oxygen atoms in total. The Morgan fingerprint density at radius 1 is 1.07 bits per heavy atom. The summed E-state index contributed by atoms with van der Waals surface area (Å²) in [4.78, 5) is 3.86. The van der Waals surface area contributed by atoms with Crippen LogP contribution in [0.5, 0.6) is 0 Å². The fraction of sp³-hybridized carbons (Fsp3) is 0.0833. The number of aromatic nitrogens is 1. The first-order chi connectivity index (χ1) is 7.18. The van der Waals surface area contributed by atoms with Gasteiger partial charge in [0.2, 0.25) is 0 Å². The van der Waals surface area contributed by atoms with Gasteiger partial charge in [-0.15, -0.1) is 0 Å². The molecule has 0 saturated carbocycles. The van der Waals surface area contributed by atoms with Gasteiger partial charge in [0.1, 0.15) is 11.6 Å². The molecule has 0 bridgehead atoms. The Morgan fingerprint density at radius 3 is 2.47 bits per heavy atom. The van der Waals surface area contributed by atoms with Crippen molar-refractivity contribution in [3.8, 4) is 11.3 Å². The standard InChI is InChI=1S/C12H9F2N/c1-8-6-12(15-7-11(8)14)9-4-2-3-5-10(9)13/h2-7H,1H3. The molecule has 0 atom stereocenters. The Hall–Kier alpha value is -1.77. The highest BCUT2D eigenvalue weighted by Crippen LogP contribution is 2.21. The normalized spacial score (nSPS) is 10.3. The predicted molar refractivity (Wildman–Crippen MR) is 54.3 cm³/mol. The van der Waals surface area contributed by atoms with E-state index in [2.05, 4.69) is 4.98 Å². The average molecular weight is 205 g/mol. The second-order valence-electron chi connectivity index (χ2n) is 3.30. The van der Waals surface area contributed by atoms with Crippen molar-refractivity contribution in [1.29, 1.82) is 0 Å². The van der Waals surface area contributed by atoms with E-state index in [4.69, 9.17) is 0 Å². The molecule has 0 amide bonds. The van der Waals surface area contributed by atoms with Crippen LogP contribution in [0.25, 0.3) is 11.3 Å². The number of hydrogen-bond donors (Lipinski definition) is 0. The van der Waals surface area contributed by atoms with E-state index in [1.807, 2.05) is 0 Å². The van der Waals surface area contributed by atoms with E-state index in [1.165, 1.54) is 12.1 Å². The molecule has 0 spiro atoms. The number of pyridine rings is 1. The summed E-state index contributed by atoms with van der Waals surface area (Å²) in [5.41, 5.74) is 1.30. The van der Waals surface area contributed by atoms with E-state index in [1.54, 1.807) is 25.1 Å². The highest BCUT2D eigenvalue weighted by Gasteiger charge is 2.06. The molecule has 0 fully saturated rings. The maximum absolute atomic E-state index is 13.4. The van der Waals surface area contributed by atoms with Gasteiger partial charge in [-0.2, -0.15) is 0 Å². The van der Waals surface area contributed by atoms with Crippen LogP contribution in [0.3, 0.4) is 0 Å². The van der Waals surface area contributed by atoms with Crippen LogP contribution in [0.4, 0.5) is 8.78 Å². The van der Waals surface area contributed by atoms with Gasteiger partial charge in [0.25, 0.3) is 0 Å². The topological polar surface area (TPSA) is 12.9 Å². The molecule has 76 valence electrons. The zero-order valence-electron chi connectivity index (χ0n) is 8.17. The van der Waals surface area contributed by atoms with Crippen molar-refractivity contribution in [3.63, 3.8) is 0 Å². The lowest BCUT2D eigenvalue weighted by Crippen LogP contribution is -1.91. The van der Waals surface area contributed by atoms with E-state index in [9.17, 15) is 8.78 Å². The maximum atomic E-state index is 13.4. The monoisotopic (exact) mass is 205 g/mol. The maximum Gasteiger partial charge on any atom is 0.144 e. The van der Waals surface area contributed by atoms with Gasteiger partial charge < -0.3 is 0 Å². The van der Waals surface area contributed by atoms with Gasteiger partial charge in [-0.1, -0.05) is 12.1 Å². The molecule has 1 aromatic heterocycles. The van der Waals surface area contributed by atoms with Crippen molar-refractivity contribution < 1.29 is 8.78 Å². The molecule has 0 aliphatic rings. The summed E-state index contributed by atoms with van der Waals surface area (Å²) in [6.45, 7) is 1.63. The molecule has 1 heterocycles.